The molecule has 0 fully saturated rings. The van der Waals surface area contributed by atoms with E-state index in [1.165, 1.54) is 32.1 Å². The van der Waals surface area contributed by atoms with Crippen LogP contribution < -0.4 is 5.73 Å². The normalized spacial score (nSPS) is 12.0. The molecule has 0 bridgehead atoms. The summed E-state index contributed by atoms with van der Waals surface area (Å²) in [7, 11) is 0. The van der Waals surface area contributed by atoms with Crippen molar-refractivity contribution >= 4 is 0 Å². The van der Waals surface area contributed by atoms with Crippen molar-refractivity contribution in [2.24, 2.45) is 11.1 Å². The first kappa shape index (κ1) is 11.0. The lowest BCUT2D eigenvalue weighted by Crippen LogP contribution is -2.20. The van der Waals surface area contributed by atoms with Gasteiger partial charge in [0.2, 0.25) is 0 Å². The zero-order valence-corrected chi connectivity index (χ0v) is 8.32. The van der Waals surface area contributed by atoms with E-state index in [-0.39, 0.29) is 0 Å². The highest BCUT2D eigenvalue weighted by Crippen LogP contribution is 2.32. The third-order valence-corrected chi connectivity index (χ3v) is 2.45. The molecular weight excluding hydrogens is 134 g/mol. The van der Waals surface area contributed by atoms with Crippen LogP contribution in [0.1, 0.15) is 52.9 Å². The highest BCUT2D eigenvalue weighted by Gasteiger charge is 2.20. The largest absolute Gasteiger partial charge is 0.330 e. The Morgan fingerprint density at radius 1 is 1.00 bits per heavy atom. The van der Waals surface area contributed by atoms with Crippen LogP contribution in [0.25, 0.3) is 0 Å². The van der Waals surface area contributed by atoms with Crippen LogP contribution in [-0.2, 0) is 0 Å². The van der Waals surface area contributed by atoms with Crippen molar-refractivity contribution in [1.82, 2.24) is 0 Å². The number of hydrogen-bond donors (Lipinski definition) is 1. The molecule has 0 aromatic rings. The molecule has 0 unspecified atom stereocenters. The van der Waals surface area contributed by atoms with E-state index in [4.69, 9.17) is 5.73 Å². The highest BCUT2D eigenvalue weighted by atomic mass is 14.5. The number of nitrogens with two attached hydrogens (primary N) is 1. The maximum Gasteiger partial charge on any atom is -0.00721 e. The van der Waals surface area contributed by atoms with E-state index in [1.807, 2.05) is 0 Å². The second-order valence-corrected chi connectivity index (χ2v) is 3.85. The molecule has 0 aliphatic heterocycles. The molecule has 0 atom stereocenters. The van der Waals surface area contributed by atoms with Crippen LogP contribution in [0.5, 0.6) is 0 Å². The maximum absolute atomic E-state index is 5.58. The summed E-state index contributed by atoms with van der Waals surface area (Å²) in [6.45, 7) is 7.72. The predicted molar refractivity (Wildman–Crippen MR) is 51.6 cm³/mol. The summed E-state index contributed by atoms with van der Waals surface area (Å²) >= 11 is 0. The van der Waals surface area contributed by atoms with Gasteiger partial charge in [0.15, 0.2) is 0 Å². The summed E-state index contributed by atoms with van der Waals surface area (Å²) in [4.78, 5) is 0. The van der Waals surface area contributed by atoms with Gasteiger partial charge < -0.3 is 5.73 Å². The van der Waals surface area contributed by atoms with Crippen molar-refractivity contribution in [2.45, 2.75) is 52.9 Å². The molecule has 1 heteroatoms. The van der Waals surface area contributed by atoms with Crippen molar-refractivity contribution in [3.05, 3.63) is 0 Å². The van der Waals surface area contributed by atoms with E-state index in [9.17, 15) is 0 Å². The van der Waals surface area contributed by atoms with Crippen LogP contribution in [0.3, 0.4) is 0 Å². The van der Waals surface area contributed by atoms with Crippen LogP contribution >= 0.6 is 0 Å². The lowest BCUT2D eigenvalue weighted by molar-refractivity contribution is 0.249. The Morgan fingerprint density at radius 2 is 1.45 bits per heavy atom. The van der Waals surface area contributed by atoms with Gasteiger partial charge in [0.1, 0.15) is 0 Å². The van der Waals surface area contributed by atoms with Gasteiger partial charge in [-0.3, -0.25) is 0 Å². The quantitative estimate of drug-likeness (QED) is 0.630. The van der Waals surface area contributed by atoms with Crippen molar-refractivity contribution in [3.8, 4) is 0 Å². The van der Waals surface area contributed by atoms with Gasteiger partial charge in [-0.15, -0.1) is 0 Å². The topological polar surface area (TPSA) is 26.0 Å². The van der Waals surface area contributed by atoms with Crippen LogP contribution in [0.2, 0.25) is 0 Å². The van der Waals surface area contributed by atoms with E-state index in [2.05, 4.69) is 20.8 Å². The van der Waals surface area contributed by atoms with E-state index in [0.717, 1.165) is 6.54 Å². The fourth-order valence-corrected chi connectivity index (χ4v) is 1.93. The van der Waals surface area contributed by atoms with Gasteiger partial charge in [0, 0.05) is 0 Å². The molecule has 0 aromatic heterocycles. The van der Waals surface area contributed by atoms with Crippen LogP contribution in [0.15, 0.2) is 0 Å². The minimum Gasteiger partial charge on any atom is -0.330 e. The minimum atomic E-state index is 0.526. The fourth-order valence-electron chi connectivity index (χ4n) is 1.93. The van der Waals surface area contributed by atoms with Crippen LogP contribution in [-0.4, -0.2) is 6.54 Å². The molecule has 1 nitrogen and oxygen atoms in total. The molecule has 0 rings (SSSR count). The molecule has 11 heavy (non-hydrogen) atoms. The van der Waals surface area contributed by atoms with Crippen LogP contribution in [0, 0.1) is 5.41 Å². The van der Waals surface area contributed by atoms with E-state index < -0.39 is 0 Å². The standard InChI is InChI=1S/C10H23N/c1-4-6-10(3,7-5-2)8-9-11/h4-9,11H2,1-3H3. The Bertz CT molecular complexity index is 71.9. The molecule has 68 valence electrons. The predicted octanol–water partition coefficient (Wildman–Crippen LogP) is 2.94. The van der Waals surface area contributed by atoms with Gasteiger partial charge in [-0.25, -0.2) is 0 Å². The van der Waals surface area contributed by atoms with Crippen molar-refractivity contribution < 1.29 is 0 Å². The average molecular weight is 157 g/mol. The lowest BCUT2D eigenvalue weighted by atomic mass is 9.78. The first-order chi connectivity index (χ1) is 5.18. The molecule has 0 aromatic carbocycles. The summed E-state index contributed by atoms with van der Waals surface area (Å²) in [6.07, 6.45) is 6.43. The second kappa shape index (κ2) is 5.59. The van der Waals surface area contributed by atoms with Gasteiger partial charge >= 0.3 is 0 Å². The van der Waals surface area contributed by atoms with Crippen molar-refractivity contribution in [1.29, 1.82) is 0 Å². The van der Waals surface area contributed by atoms with Gasteiger partial charge in [-0.1, -0.05) is 33.6 Å². The zero-order chi connectivity index (χ0) is 8.74. The van der Waals surface area contributed by atoms with Gasteiger partial charge in [0.25, 0.3) is 0 Å². The van der Waals surface area contributed by atoms with Crippen molar-refractivity contribution in [2.75, 3.05) is 6.54 Å². The first-order valence-electron chi connectivity index (χ1n) is 4.88. The monoisotopic (exact) mass is 157 g/mol. The van der Waals surface area contributed by atoms with E-state index in [0.29, 0.717) is 5.41 Å². The lowest BCUT2D eigenvalue weighted by Gasteiger charge is -2.28. The van der Waals surface area contributed by atoms with E-state index in [1.54, 1.807) is 0 Å². The van der Waals surface area contributed by atoms with E-state index >= 15 is 0 Å². The smallest absolute Gasteiger partial charge is 0.00721 e. The summed E-state index contributed by atoms with van der Waals surface area (Å²) in [6, 6.07) is 0. The average Bonchev–Trinajstić information content (AvgIpc) is 1.88. The summed E-state index contributed by atoms with van der Waals surface area (Å²) in [5.74, 6) is 0. The van der Waals surface area contributed by atoms with Gasteiger partial charge in [-0.2, -0.15) is 0 Å². The second-order valence-electron chi connectivity index (χ2n) is 3.85. The minimum absolute atomic E-state index is 0.526. The molecule has 0 saturated heterocycles. The summed E-state index contributed by atoms with van der Waals surface area (Å²) < 4.78 is 0. The third kappa shape index (κ3) is 4.41. The molecule has 0 radical (unpaired) electrons. The first-order valence-corrected chi connectivity index (χ1v) is 4.88. The Morgan fingerprint density at radius 3 is 1.73 bits per heavy atom. The van der Waals surface area contributed by atoms with Gasteiger partial charge in [0.05, 0.1) is 0 Å². The Hall–Kier alpha value is -0.0400. The molecule has 0 heterocycles. The molecule has 0 saturated carbocycles. The summed E-state index contributed by atoms with van der Waals surface area (Å²) in [5.41, 5.74) is 6.10. The molecule has 0 aliphatic carbocycles. The molecular formula is C10H23N. The molecule has 0 spiro atoms. The third-order valence-electron chi connectivity index (χ3n) is 2.45. The fraction of sp³-hybridized carbons (Fsp3) is 1.00. The van der Waals surface area contributed by atoms with Crippen LogP contribution in [0.4, 0.5) is 0 Å². The molecule has 0 amide bonds. The Labute approximate surface area is 71.4 Å². The molecule has 2 N–H and O–H groups in total. The highest BCUT2D eigenvalue weighted by molar-refractivity contribution is 4.73. The Kier molecular flexibility index (Phi) is 5.57. The molecule has 0 aliphatic rings. The maximum atomic E-state index is 5.58. The van der Waals surface area contributed by atoms with Crippen molar-refractivity contribution in [3.63, 3.8) is 0 Å². The zero-order valence-electron chi connectivity index (χ0n) is 8.32. The number of rotatable bonds is 6. The Balaban J connectivity index is 3.79. The summed E-state index contributed by atoms with van der Waals surface area (Å²) in [5, 5.41) is 0. The van der Waals surface area contributed by atoms with Gasteiger partial charge in [-0.05, 0) is 31.2 Å². The SMILES string of the molecule is CCCC(C)(CCC)CCN. The number of hydrogen-bond acceptors (Lipinski definition) is 1.